The van der Waals surface area contributed by atoms with Crippen molar-refractivity contribution in [1.29, 1.82) is 0 Å². The van der Waals surface area contributed by atoms with E-state index in [1.54, 1.807) is 0 Å². The van der Waals surface area contributed by atoms with Gasteiger partial charge in [0.15, 0.2) is 0 Å². The summed E-state index contributed by atoms with van der Waals surface area (Å²) in [6.07, 6.45) is -4.92. The number of aromatic nitrogens is 2. The van der Waals surface area contributed by atoms with Crippen molar-refractivity contribution < 1.29 is 18.8 Å². The van der Waals surface area contributed by atoms with Gasteiger partial charge in [-0.1, -0.05) is 0 Å². The topological polar surface area (TPSA) is 127 Å². The minimum Gasteiger partial charge on any atom is -0.385 e. The lowest BCUT2D eigenvalue weighted by molar-refractivity contribution is -0.385. The number of nitrogens with one attached hydrogen (secondary N) is 1. The molecule has 1 heterocycles. The van der Waals surface area contributed by atoms with E-state index < -0.39 is 29.7 Å². The molecule has 1 aromatic rings. The van der Waals surface area contributed by atoms with Gasteiger partial charge in [0, 0.05) is 6.54 Å². The summed E-state index contributed by atoms with van der Waals surface area (Å²) in [5.41, 5.74) is 4.83. The number of aryl methyl sites for hydroxylation is 1. The summed E-state index contributed by atoms with van der Waals surface area (Å²) in [6, 6.07) is 0. The minimum atomic E-state index is -2.96. The van der Waals surface area contributed by atoms with Gasteiger partial charge in [-0.15, -0.1) is 0 Å². The van der Waals surface area contributed by atoms with Crippen molar-refractivity contribution in [2.75, 3.05) is 17.6 Å². The Morgan fingerprint density at radius 3 is 2.67 bits per heavy atom. The van der Waals surface area contributed by atoms with E-state index in [9.17, 15) is 18.9 Å². The molecular weight excluding hydrogens is 252 g/mol. The fourth-order valence-corrected chi connectivity index (χ4v) is 1.22. The van der Waals surface area contributed by atoms with Gasteiger partial charge in [-0.3, -0.25) is 10.1 Å². The van der Waals surface area contributed by atoms with Gasteiger partial charge in [0.1, 0.15) is 11.8 Å². The lowest BCUT2D eigenvalue weighted by Gasteiger charge is -2.12. The fraction of sp³-hybridized carbons (Fsp3) is 0.500. The number of nitrogen functional groups attached to an aromatic ring is 1. The van der Waals surface area contributed by atoms with Crippen molar-refractivity contribution in [1.82, 2.24) is 9.97 Å². The van der Waals surface area contributed by atoms with E-state index in [4.69, 9.17) is 10.8 Å². The summed E-state index contributed by atoms with van der Waals surface area (Å²) in [7, 11) is 0. The Hall–Kier alpha value is -2.10. The van der Waals surface area contributed by atoms with Gasteiger partial charge in [0.25, 0.3) is 6.43 Å². The molecule has 1 atom stereocenters. The SMILES string of the molecule is Cc1nc(N)nc(NCC(O)C(F)F)c1[N+](=O)[O-]. The highest BCUT2D eigenvalue weighted by atomic mass is 19.3. The van der Waals surface area contributed by atoms with Gasteiger partial charge in [-0.25, -0.2) is 13.8 Å². The average Bonchev–Trinajstić information content (AvgIpc) is 2.23. The second-order valence-electron chi connectivity index (χ2n) is 3.40. The summed E-state index contributed by atoms with van der Waals surface area (Å²) in [5, 5.41) is 21.9. The van der Waals surface area contributed by atoms with Crippen molar-refractivity contribution >= 4 is 17.5 Å². The van der Waals surface area contributed by atoms with Crippen LogP contribution < -0.4 is 11.1 Å². The molecule has 1 rings (SSSR count). The number of nitrogens with zero attached hydrogens (tertiary/aromatic N) is 3. The summed E-state index contributed by atoms with van der Waals surface area (Å²) in [4.78, 5) is 17.1. The van der Waals surface area contributed by atoms with Crippen LogP contribution in [0.2, 0.25) is 0 Å². The summed E-state index contributed by atoms with van der Waals surface area (Å²) >= 11 is 0. The number of rotatable bonds is 5. The van der Waals surface area contributed by atoms with Crippen LogP contribution in [0.4, 0.5) is 26.2 Å². The first-order valence-electron chi connectivity index (χ1n) is 4.81. The molecule has 1 aromatic heterocycles. The Kier molecular flexibility index (Phi) is 4.26. The quantitative estimate of drug-likeness (QED) is 0.515. The maximum atomic E-state index is 12.1. The van der Waals surface area contributed by atoms with Gasteiger partial charge in [-0.05, 0) is 6.92 Å². The van der Waals surface area contributed by atoms with Crippen LogP contribution >= 0.6 is 0 Å². The predicted molar refractivity (Wildman–Crippen MR) is 58.3 cm³/mol. The second-order valence-corrected chi connectivity index (χ2v) is 3.40. The fourth-order valence-electron chi connectivity index (χ4n) is 1.22. The number of nitrogens with two attached hydrogens (primary N) is 1. The van der Waals surface area contributed by atoms with Crippen LogP contribution in [0.15, 0.2) is 0 Å². The molecule has 0 saturated heterocycles. The zero-order valence-electron chi connectivity index (χ0n) is 9.30. The number of alkyl halides is 2. The van der Waals surface area contributed by atoms with Crippen LogP contribution in [0.25, 0.3) is 0 Å². The molecule has 0 spiro atoms. The zero-order chi connectivity index (χ0) is 13.9. The molecule has 0 saturated carbocycles. The molecule has 0 bridgehead atoms. The van der Waals surface area contributed by atoms with Crippen molar-refractivity contribution in [3.05, 3.63) is 15.8 Å². The lowest BCUT2D eigenvalue weighted by Crippen LogP contribution is -2.27. The Morgan fingerprint density at radius 1 is 1.56 bits per heavy atom. The van der Waals surface area contributed by atoms with Gasteiger partial charge in [0.05, 0.1) is 4.92 Å². The normalized spacial score (nSPS) is 12.5. The smallest absolute Gasteiger partial charge is 0.332 e. The Bertz CT molecular complexity index is 457. The van der Waals surface area contributed by atoms with Crippen LogP contribution in [0.5, 0.6) is 0 Å². The van der Waals surface area contributed by atoms with Crippen LogP contribution in [0, 0.1) is 17.0 Å². The van der Waals surface area contributed by atoms with Crippen LogP contribution in [0.1, 0.15) is 5.69 Å². The third-order valence-electron chi connectivity index (χ3n) is 2.03. The van der Waals surface area contributed by atoms with E-state index in [0.717, 1.165) is 0 Å². The molecule has 0 radical (unpaired) electrons. The molecule has 10 heteroatoms. The van der Waals surface area contributed by atoms with Gasteiger partial charge >= 0.3 is 5.69 Å². The number of anilines is 2. The average molecular weight is 263 g/mol. The van der Waals surface area contributed by atoms with Gasteiger partial charge in [-0.2, -0.15) is 4.98 Å². The van der Waals surface area contributed by atoms with Gasteiger partial charge < -0.3 is 16.2 Å². The summed E-state index contributed by atoms with van der Waals surface area (Å²) in [6.45, 7) is 0.749. The predicted octanol–water partition coefficient (Wildman–Crippen LogP) is 0.313. The minimum absolute atomic E-state index is 0.00142. The Morgan fingerprint density at radius 2 is 2.17 bits per heavy atom. The molecule has 0 aliphatic heterocycles. The molecule has 0 aromatic carbocycles. The second kappa shape index (κ2) is 5.49. The van der Waals surface area contributed by atoms with Crippen molar-refractivity contribution in [2.45, 2.75) is 19.5 Å². The van der Waals surface area contributed by atoms with Crippen LogP contribution in [-0.4, -0.2) is 39.1 Å². The molecule has 0 amide bonds. The first-order chi connectivity index (χ1) is 8.32. The zero-order valence-corrected chi connectivity index (χ0v) is 9.30. The highest BCUT2D eigenvalue weighted by Crippen LogP contribution is 2.25. The van der Waals surface area contributed by atoms with Crippen molar-refractivity contribution in [3.63, 3.8) is 0 Å². The molecule has 8 nitrogen and oxygen atoms in total. The van der Waals surface area contributed by atoms with Crippen molar-refractivity contribution in [3.8, 4) is 0 Å². The lowest BCUT2D eigenvalue weighted by atomic mass is 10.3. The van der Waals surface area contributed by atoms with Crippen LogP contribution in [0.3, 0.4) is 0 Å². The van der Waals surface area contributed by atoms with Gasteiger partial charge in [0.2, 0.25) is 11.8 Å². The number of nitro groups is 1. The number of hydrogen-bond donors (Lipinski definition) is 3. The van der Waals surface area contributed by atoms with Crippen molar-refractivity contribution in [2.24, 2.45) is 0 Å². The molecule has 0 aliphatic rings. The maximum Gasteiger partial charge on any atom is 0.332 e. The first-order valence-corrected chi connectivity index (χ1v) is 4.81. The third kappa shape index (κ3) is 3.20. The molecule has 18 heavy (non-hydrogen) atoms. The van der Waals surface area contributed by atoms with E-state index in [2.05, 4.69) is 15.3 Å². The third-order valence-corrected chi connectivity index (χ3v) is 2.03. The summed E-state index contributed by atoms with van der Waals surface area (Å²) in [5.74, 6) is -0.531. The Labute approximate surface area is 100.0 Å². The standard InChI is InChI=1S/C8H11F2N5O3/c1-3-5(15(17)18)7(14-8(11)13-3)12-2-4(16)6(9)10/h4,6,16H,2H2,1H3,(H3,11,12,13,14). The highest BCUT2D eigenvalue weighted by molar-refractivity contribution is 5.60. The van der Waals surface area contributed by atoms with E-state index >= 15 is 0 Å². The first kappa shape index (κ1) is 14.0. The molecule has 0 aliphatic carbocycles. The number of aliphatic hydroxyl groups is 1. The molecule has 0 fully saturated rings. The largest absolute Gasteiger partial charge is 0.385 e. The number of halogens is 2. The maximum absolute atomic E-state index is 12.1. The van der Waals surface area contributed by atoms with E-state index in [1.807, 2.05) is 0 Å². The molecule has 4 N–H and O–H groups in total. The van der Waals surface area contributed by atoms with E-state index in [1.165, 1.54) is 6.92 Å². The van der Waals surface area contributed by atoms with Crippen LogP contribution in [-0.2, 0) is 0 Å². The number of aliphatic hydroxyl groups excluding tert-OH is 1. The molecule has 100 valence electrons. The number of hydrogen-bond acceptors (Lipinski definition) is 7. The summed E-state index contributed by atoms with van der Waals surface area (Å²) < 4.78 is 24.1. The molecular formula is C8H11F2N5O3. The Balaban J connectivity index is 2.97. The van der Waals surface area contributed by atoms with E-state index in [-0.39, 0.29) is 17.5 Å². The van der Waals surface area contributed by atoms with E-state index in [0.29, 0.717) is 0 Å². The monoisotopic (exact) mass is 263 g/mol. The highest BCUT2D eigenvalue weighted by Gasteiger charge is 2.23. The molecule has 1 unspecified atom stereocenters.